The van der Waals surface area contributed by atoms with Gasteiger partial charge in [-0.2, -0.15) is 0 Å². The second-order valence-corrected chi connectivity index (χ2v) is 29.1. The molecule has 4 aliphatic rings. The molecule has 0 radical (unpaired) electrons. The van der Waals surface area contributed by atoms with Gasteiger partial charge in [-0.1, -0.05) is 81.5 Å². The van der Waals surface area contributed by atoms with E-state index in [1.807, 2.05) is 0 Å². The van der Waals surface area contributed by atoms with E-state index in [-0.39, 0.29) is 35.1 Å². The molecule has 642 valence electrons. The average molecular weight is 1640 g/mol. The van der Waals surface area contributed by atoms with E-state index < -0.39 is 0 Å². The predicted octanol–water partition coefficient (Wildman–Crippen LogP) is 8.24. The summed E-state index contributed by atoms with van der Waals surface area (Å²) >= 11 is 3.09. The van der Waals surface area contributed by atoms with E-state index in [1.54, 1.807) is 5.57 Å². The number of esters is 1. The lowest BCUT2D eigenvalue weighted by Crippen LogP contribution is -2.51. The van der Waals surface area contributed by atoms with Crippen LogP contribution in [0.4, 0.5) is 0 Å². The number of fused-ring (bicyclic) bond motifs is 5. The highest BCUT2D eigenvalue weighted by molar-refractivity contribution is 9.09. The Hall–Kier alpha value is -1.80. The molecule has 0 bridgehead atoms. The van der Waals surface area contributed by atoms with Gasteiger partial charge in [-0.25, -0.2) is 0 Å². The maximum absolute atomic E-state index is 12.9. The number of halogens is 1. The lowest BCUT2D eigenvalue weighted by atomic mass is 9.47. The number of ether oxygens (including phenoxy) is 25. The van der Waals surface area contributed by atoms with Crippen LogP contribution in [0, 0.1) is 46.3 Å². The van der Waals surface area contributed by atoms with Crippen LogP contribution in [0.25, 0.3) is 0 Å². The predicted molar refractivity (Wildman–Crippen MR) is 414 cm³/mol. The Labute approximate surface area is 662 Å². The lowest BCUT2D eigenvalue weighted by Gasteiger charge is -2.58. The van der Waals surface area contributed by atoms with Gasteiger partial charge in [0.15, 0.2) is 0 Å². The summed E-state index contributed by atoms with van der Waals surface area (Å²) in [6.45, 7) is 35.7. The van der Waals surface area contributed by atoms with Crippen LogP contribution in [0.1, 0.15) is 112 Å². The summed E-state index contributed by atoms with van der Waals surface area (Å²) in [5, 5.41) is 2.99. The first-order valence-corrected chi connectivity index (χ1v) is 42.3. The van der Waals surface area contributed by atoms with E-state index in [4.69, 9.17) is 118 Å². The second kappa shape index (κ2) is 70.4. The van der Waals surface area contributed by atoms with E-state index in [9.17, 15) is 9.59 Å². The van der Waals surface area contributed by atoms with Crippen molar-refractivity contribution >= 4 is 27.8 Å². The van der Waals surface area contributed by atoms with Crippen LogP contribution in [0.3, 0.4) is 0 Å². The van der Waals surface area contributed by atoms with Gasteiger partial charge in [-0.3, -0.25) is 9.59 Å². The van der Waals surface area contributed by atoms with Crippen LogP contribution >= 0.6 is 15.9 Å². The van der Waals surface area contributed by atoms with E-state index in [2.05, 4.69) is 61.9 Å². The van der Waals surface area contributed by atoms with Gasteiger partial charge in [0.2, 0.25) is 5.91 Å². The van der Waals surface area contributed by atoms with Crippen molar-refractivity contribution in [3.63, 3.8) is 0 Å². The molecule has 0 aromatic carbocycles. The van der Waals surface area contributed by atoms with Gasteiger partial charge in [-0.15, -0.1) is 0 Å². The maximum Gasteiger partial charge on any atom is 0.308 e. The minimum Gasteiger partial charge on any atom is -0.462 e. The number of amides is 1. The quantitative estimate of drug-likeness (QED) is 0.0260. The van der Waals surface area contributed by atoms with E-state index in [0.29, 0.717) is 329 Å². The van der Waals surface area contributed by atoms with Gasteiger partial charge in [0, 0.05) is 13.0 Å². The minimum atomic E-state index is -0.162. The third-order valence-electron chi connectivity index (χ3n) is 20.3. The molecule has 0 aliphatic heterocycles. The van der Waals surface area contributed by atoms with Crippen molar-refractivity contribution in [3.05, 3.63) is 11.6 Å². The van der Waals surface area contributed by atoms with Gasteiger partial charge >= 0.3 is 5.97 Å². The molecule has 8 atom stereocenters. The Morgan fingerprint density at radius 3 is 0.991 bits per heavy atom. The zero-order chi connectivity index (χ0) is 77.7. The van der Waals surface area contributed by atoms with E-state index >= 15 is 0 Å². The highest BCUT2D eigenvalue weighted by atomic mass is 79.9. The normalized spacial score (nSPS) is 20.7. The molecule has 0 aromatic rings. The van der Waals surface area contributed by atoms with E-state index in [1.165, 1.54) is 51.4 Å². The van der Waals surface area contributed by atoms with Crippen molar-refractivity contribution in [1.29, 1.82) is 0 Å². The number of carbonyl (C=O) groups is 2. The van der Waals surface area contributed by atoms with Gasteiger partial charge in [0.25, 0.3) is 0 Å². The lowest BCUT2D eigenvalue weighted by molar-refractivity contribution is -0.153. The van der Waals surface area contributed by atoms with Gasteiger partial charge in [0.05, 0.1) is 329 Å². The topological polar surface area (TPSA) is 277 Å². The van der Waals surface area contributed by atoms with Crippen molar-refractivity contribution in [2.75, 3.05) is 329 Å². The van der Waals surface area contributed by atoms with Crippen LogP contribution < -0.4 is 5.32 Å². The molecule has 0 saturated heterocycles. The molecule has 0 heterocycles. The highest BCUT2D eigenvalue weighted by Crippen LogP contribution is 2.67. The fraction of sp³-hybridized carbons (Fsp3) is 0.950. The van der Waals surface area contributed by atoms with Crippen molar-refractivity contribution in [2.45, 2.75) is 118 Å². The smallest absolute Gasteiger partial charge is 0.308 e. The number of rotatable bonds is 82. The molecular weight excluding hydrogens is 1490 g/mol. The molecule has 1 amide bonds. The molecule has 0 aromatic heterocycles. The summed E-state index contributed by atoms with van der Waals surface area (Å²) in [6, 6.07) is 0. The van der Waals surface area contributed by atoms with Gasteiger partial charge in [-0.05, 0) is 91.3 Å². The number of allylic oxidation sites excluding steroid dienone is 1. The first-order chi connectivity index (χ1) is 53.6. The molecule has 3 fully saturated rings. The fourth-order valence-corrected chi connectivity index (χ4v) is 14.8. The molecule has 4 rings (SSSR count). The first kappa shape index (κ1) is 99.6. The molecule has 28 nitrogen and oxygen atoms in total. The zero-order valence-electron chi connectivity index (χ0n) is 67.9. The standard InChI is InChI=1S/C80H148BrNO27/c1-69(2)7-6-8-70(3)74-11-12-75-73-10-9-71-67-72(13-16-79(71,4)76(73)14-17-80(74,75)5)109-78(84)15-19-85-21-23-87-25-27-89-29-31-91-33-35-93-37-39-95-41-43-97-45-47-99-49-51-101-53-55-103-57-59-105-61-63-107-65-66-108-64-62-106-60-58-104-56-54-102-52-50-100-48-46-98-44-42-96-40-38-94-36-34-92-32-30-90-28-26-88-24-22-86-20-18-82-77(83)68-81/h9,69-70,72-76H,6-8,10-68H2,1-5H3,(H,82,83)/t70-,72?,73+,74-,75+,76+,79+,80-/m1/s1. The van der Waals surface area contributed by atoms with Crippen LogP contribution in [-0.4, -0.2) is 347 Å². The molecule has 3 saturated carbocycles. The Kier molecular flexibility index (Phi) is 64.3. The number of alkyl halides is 1. The number of hydrogen-bond acceptors (Lipinski definition) is 27. The highest BCUT2D eigenvalue weighted by Gasteiger charge is 2.59. The van der Waals surface area contributed by atoms with Crippen molar-refractivity contribution in [1.82, 2.24) is 5.32 Å². The largest absolute Gasteiger partial charge is 0.462 e. The molecule has 0 spiro atoms. The van der Waals surface area contributed by atoms with Gasteiger partial charge < -0.3 is 124 Å². The van der Waals surface area contributed by atoms with Crippen LogP contribution in [0.15, 0.2) is 11.6 Å². The Morgan fingerprint density at radius 1 is 0.385 bits per heavy atom. The van der Waals surface area contributed by atoms with E-state index in [0.717, 1.165) is 54.8 Å². The van der Waals surface area contributed by atoms with Gasteiger partial charge in [0.1, 0.15) is 6.10 Å². The SMILES string of the molecule is CC(C)CCC[C@@H](C)[C@H]1CC[C@H]2[C@@H]3CC=C4CC(OC(=O)CCOCCOCCOCCOCCOCCOCCOCCOCCOCCOCCOCCOCCOCCOCCOCCOCCOCCOCCOCCOCCOCCOCCOCCOCCNC(=O)CBr)CC[C@]4(C)[C@H]3CC[C@]12C. The van der Waals surface area contributed by atoms with Crippen LogP contribution in [0.2, 0.25) is 0 Å². The monoisotopic (exact) mass is 1630 g/mol. The molecule has 109 heavy (non-hydrogen) atoms. The summed E-state index contributed by atoms with van der Waals surface area (Å²) in [7, 11) is 0. The molecule has 29 heteroatoms. The summed E-state index contributed by atoms with van der Waals surface area (Å²) < 4.78 is 139. The minimum absolute atomic E-state index is 0.0239. The summed E-state index contributed by atoms with van der Waals surface area (Å²) in [6.07, 6.45) is 16.7. The molecular formula is C80H148BrNO27. The number of nitrogens with one attached hydrogen (secondary N) is 1. The van der Waals surface area contributed by atoms with Crippen LogP contribution in [0.5, 0.6) is 0 Å². The molecule has 4 aliphatic carbocycles. The number of carbonyl (C=O) groups excluding carboxylic acids is 2. The number of hydrogen-bond donors (Lipinski definition) is 1. The second-order valence-electron chi connectivity index (χ2n) is 28.6. The van der Waals surface area contributed by atoms with Crippen molar-refractivity contribution in [2.24, 2.45) is 46.3 Å². The third-order valence-corrected chi connectivity index (χ3v) is 20.8. The van der Waals surface area contributed by atoms with Crippen molar-refractivity contribution < 1.29 is 128 Å². The summed E-state index contributed by atoms with van der Waals surface area (Å²) in [5.74, 6) is 4.72. The average Bonchev–Trinajstić information content (AvgIpc) is 1.68. The van der Waals surface area contributed by atoms with Crippen molar-refractivity contribution in [3.8, 4) is 0 Å². The maximum atomic E-state index is 12.9. The van der Waals surface area contributed by atoms with Crippen LogP contribution in [-0.2, 0) is 128 Å². The fourth-order valence-electron chi connectivity index (χ4n) is 14.6. The third kappa shape index (κ3) is 51.1. The summed E-state index contributed by atoms with van der Waals surface area (Å²) in [5.41, 5.74) is 2.31. The Bertz CT molecular complexity index is 2100. The first-order valence-electron chi connectivity index (χ1n) is 41.2. The zero-order valence-corrected chi connectivity index (χ0v) is 69.4. The molecule has 1 unspecified atom stereocenters. The Balaban J connectivity index is 0.722. The Morgan fingerprint density at radius 2 is 0.688 bits per heavy atom. The summed E-state index contributed by atoms with van der Waals surface area (Å²) in [4.78, 5) is 23.9. The molecule has 1 N–H and O–H groups in total.